The zero-order valence-corrected chi connectivity index (χ0v) is 17.5. The number of amides is 2. The van der Waals surface area contributed by atoms with E-state index in [4.69, 9.17) is 11.6 Å². The molecule has 154 valence electrons. The summed E-state index contributed by atoms with van der Waals surface area (Å²) >= 11 is 5.79. The van der Waals surface area contributed by atoms with Gasteiger partial charge in [0.2, 0.25) is 5.91 Å². The van der Waals surface area contributed by atoms with Gasteiger partial charge in [0, 0.05) is 24.5 Å². The molecule has 0 radical (unpaired) electrons. The highest BCUT2D eigenvalue weighted by molar-refractivity contribution is 7.91. The lowest BCUT2D eigenvalue weighted by Crippen LogP contribution is -2.36. The predicted molar refractivity (Wildman–Crippen MR) is 113 cm³/mol. The Hall–Kier alpha value is -2.38. The van der Waals surface area contributed by atoms with E-state index in [1.165, 1.54) is 24.3 Å². The van der Waals surface area contributed by atoms with Crippen LogP contribution in [0.4, 0.5) is 5.69 Å². The van der Waals surface area contributed by atoms with Crippen LogP contribution < -0.4 is 5.32 Å². The first-order valence-electron chi connectivity index (χ1n) is 9.53. The topological polar surface area (TPSA) is 83.5 Å². The van der Waals surface area contributed by atoms with Crippen molar-refractivity contribution in [3.63, 3.8) is 0 Å². The Labute approximate surface area is 175 Å². The third-order valence-electron chi connectivity index (χ3n) is 4.85. The summed E-state index contributed by atoms with van der Waals surface area (Å²) < 4.78 is 24.8. The van der Waals surface area contributed by atoms with E-state index in [9.17, 15) is 18.0 Å². The van der Waals surface area contributed by atoms with Crippen LogP contribution in [0, 0.1) is 0 Å². The number of nitrogens with one attached hydrogen (secondary N) is 1. The van der Waals surface area contributed by atoms with Crippen LogP contribution >= 0.6 is 11.6 Å². The Morgan fingerprint density at radius 3 is 2.31 bits per heavy atom. The molecular formula is C21H23ClN2O4S. The first-order valence-corrected chi connectivity index (χ1v) is 11.6. The Morgan fingerprint density at radius 1 is 0.966 bits per heavy atom. The number of hydrogen-bond acceptors (Lipinski definition) is 4. The Kier molecular flexibility index (Phi) is 6.92. The van der Waals surface area contributed by atoms with Crippen LogP contribution in [-0.4, -0.2) is 44.0 Å². The molecule has 0 spiro atoms. The minimum atomic E-state index is -3.60. The van der Waals surface area contributed by atoms with Crippen LogP contribution in [0.5, 0.6) is 0 Å². The van der Waals surface area contributed by atoms with Gasteiger partial charge in [0.15, 0.2) is 9.84 Å². The molecule has 1 N–H and O–H groups in total. The lowest BCUT2D eigenvalue weighted by molar-refractivity contribution is -0.115. The van der Waals surface area contributed by atoms with Gasteiger partial charge in [-0.15, -0.1) is 0 Å². The van der Waals surface area contributed by atoms with Gasteiger partial charge in [-0.25, -0.2) is 8.42 Å². The van der Waals surface area contributed by atoms with Gasteiger partial charge in [-0.2, -0.15) is 0 Å². The quantitative estimate of drug-likeness (QED) is 0.750. The number of carbonyl (C=O) groups excluding carboxylic acids is 2. The van der Waals surface area contributed by atoms with Gasteiger partial charge >= 0.3 is 0 Å². The number of anilines is 1. The van der Waals surface area contributed by atoms with Crippen LogP contribution in [0.3, 0.4) is 0 Å². The summed E-state index contributed by atoms with van der Waals surface area (Å²) in [7, 11) is -3.60. The predicted octanol–water partition coefficient (Wildman–Crippen LogP) is 3.77. The van der Waals surface area contributed by atoms with E-state index < -0.39 is 15.7 Å². The molecule has 0 bridgehead atoms. The first-order chi connectivity index (χ1) is 13.9. The molecule has 29 heavy (non-hydrogen) atoms. The maximum atomic E-state index is 12.8. The monoisotopic (exact) mass is 434 g/mol. The second-order valence-corrected chi connectivity index (χ2v) is 9.51. The number of piperidine rings is 1. The number of rotatable bonds is 6. The molecule has 1 aliphatic rings. The number of sulfone groups is 1. The van der Waals surface area contributed by atoms with Crippen molar-refractivity contribution in [2.75, 3.05) is 24.2 Å². The van der Waals surface area contributed by atoms with Gasteiger partial charge < -0.3 is 10.2 Å². The van der Waals surface area contributed by atoms with Crippen LogP contribution in [-0.2, 0) is 14.6 Å². The minimum Gasteiger partial charge on any atom is -0.339 e. The lowest BCUT2D eigenvalue weighted by Gasteiger charge is -2.27. The molecule has 8 heteroatoms. The molecule has 0 aromatic heterocycles. The molecule has 1 fully saturated rings. The number of carbonyl (C=O) groups is 2. The number of benzene rings is 2. The summed E-state index contributed by atoms with van der Waals surface area (Å²) in [4.78, 5) is 27.1. The second kappa shape index (κ2) is 9.41. The van der Waals surface area contributed by atoms with Crippen molar-refractivity contribution in [2.24, 2.45) is 0 Å². The molecule has 0 aliphatic carbocycles. The highest BCUT2D eigenvalue weighted by Crippen LogP contribution is 2.21. The summed E-state index contributed by atoms with van der Waals surface area (Å²) in [5, 5.41) is 3.13. The average Bonchev–Trinajstić information content (AvgIpc) is 2.73. The molecule has 2 aromatic rings. The van der Waals surface area contributed by atoms with Crippen LogP contribution in [0.1, 0.15) is 36.0 Å². The summed E-state index contributed by atoms with van der Waals surface area (Å²) in [5.41, 5.74) is 0.820. The second-order valence-electron chi connectivity index (χ2n) is 6.97. The van der Waals surface area contributed by atoms with Crippen molar-refractivity contribution < 1.29 is 18.0 Å². The SMILES string of the molecule is O=C(CCS(=O)(=O)c1ccc(Cl)cc1)Nc1ccccc1C(=O)N1CCCCC1. The molecule has 2 aromatic carbocycles. The van der Waals surface area contributed by atoms with Crippen molar-refractivity contribution in [1.29, 1.82) is 0 Å². The lowest BCUT2D eigenvalue weighted by atomic mass is 10.1. The van der Waals surface area contributed by atoms with Crippen LogP contribution in [0.25, 0.3) is 0 Å². The van der Waals surface area contributed by atoms with Gasteiger partial charge in [-0.1, -0.05) is 23.7 Å². The fourth-order valence-corrected chi connectivity index (χ4v) is 4.61. The van der Waals surface area contributed by atoms with Crippen molar-refractivity contribution in [3.05, 3.63) is 59.1 Å². The van der Waals surface area contributed by atoms with Gasteiger partial charge in [-0.3, -0.25) is 9.59 Å². The third kappa shape index (κ3) is 5.58. The maximum absolute atomic E-state index is 12.8. The maximum Gasteiger partial charge on any atom is 0.255 e. The summed E-state index contributed by atoms with van der Waals surface area (Å²) in [6.07, 6.45) is 2.85. The number of para-hydroxylation sites is 1. The summed E-state index contributed by atoms with van der Waals surface area (Å²) in [6.45, 7) is 1.42. The van der Waals surface area contributed by atoms with E-state index in [2.05, 4.69) is 5.32 Å². The van der Waals surface area contributed by atoms with E-state index in [1.807, 2.05) is 0 Å². The van der Waals surface area contributed by atoms with E-state index >= 15 is 0 Å². The van der Waals surface area contributed by atoms with Crippen LogP contribution in [0.15, 0.2) is 53.4 Å². The molecule has 1 heterocycles. The fourth-order valence-electron chi connectivity index (χ4n) is 3.25. The van der Waals surface area contributed by atoms with E-state index in [0.717, 1.165) is 19.3 Å². The molecule has 0 atom stereocenters. The molecule has 0 unspecified atom stereocenters. The fraction of sp³-hybridized carbons (Fsp3) is 0.333. The normalized spacial score (nSPS) is 14.4. The summed E-state index contributed by atoms with van der Waals surface area (Å²) in [6, 6.07) is 12.6. The molecule has 1 aliphatic heterocycles. The standard InChI is InChI=1S/C21H23ClN2O4S/c22-16-8-10-17(11-9-16)29(27,28)15-12-20(25)23-19-7-3-2-6-18(19)21(26)24-13-4-1-5-14-24/h2-3,6-11H,1,4-5,12-15H2,(H,23,25). The molecule has 1 saturated heterocycles. The number of likely N-dealkylation sites (tertiary alicyclic amines) is 1. The number of hydrogen-bond donors (Lipinski definition) is 1. The van der Waals surface area contributed by atoms with Crippen molar-refractivity contribution in [3.8, 4) is 0 Å². The van der Waals surface area contributed by atoms with Gasteiger partial charge in [0.25, 0.3) is 5.91 Å². The number of nitrogens with zero attached hydrogens (tertiary/aromatic N) is 1. The summed E-state index contributed by atoms with van der Waals surface area (Å²) in [5.74, 6) is -0.904. The molecule has 3 rings (SSSR count). The minimum absolute atomic E-state index is 0.116. The smallest absolute Gasteiger partial charge is 0.255 e. The third-order valence-corrected chi connectivity index (χ3v) is 6.83. The van der Waals surface area contributed by atoms with Crippen molar-refractivity contribution in [1.82, 2.24) is 4.90 Å². The van der Waals surface area contributed by atoms with E-state index in [0.29, 0.717) is 29.4 Å². The number of halogens is 1. The van der Waals surface area contributed by atoms with Gasteiger partial charge in [0.05, 0.1) is 21.9 Å². The molecule has 6 nitrogen and oxygen atoms in total. The zero-order chi connectivity index (χ0) is 20.9. The van der Waals surface area contributed by atoms with Gasteiger partial charge in [0.1, 0.15) is 0 Å². The van der Waals surface area contributed by atoms with Gasteiger partial charge in [-0.05, 0) is 55.7 Å². The molecule has 2 amide bonds. The Morgan fingerprint density at radius 2 is 1.62 bits per heavy atom. The highest BCUT2D eigenvalue weighted by atomic mass is 35.5. The van der Waals surface area contributed by atoms with E-state index in [-0.39, 0.29) is 23.0 Å². The molecule has 0 saturated carbocycles. The molecular weight excluding hydrogens is 412 g/mol. The highest BCUT2D eigenvalue weighted by Gasteiger charge is 2.22. The average molecular weight is 435 g/mol. The Balaban J connectivity index is 1.65. The largest absolute Gasteiger partial charge is 0.339 e. The van der Waals surface area contributed by atoms with Crippen molar-refractivity contribution >= 4 is 38.9 Å². The van der Waals surface area contributed by atoms with Crippen molar-refractivity contribution in [2.45, 2.75) is 30.6 Å². The first kappa shape index (κ1) is 21.3. The van der Waals surface area contributed by atoms with Crippen LogP contribution in [0.2, 0.25) is 5.02 Å². The van der Waals surface area contributed by atoms with E-state index in [1.54, 1.807) is 29.2 Å². The zero-order valence-electron chi connectivity index (χ0n) is 15.9. The Bertz CT molecular complexity index is 984.